The highest BCUT2D eigenvalue weighted by molar-refractivity contribution is 7.23. The Kier molecular flexibility index (Phi) is 3.74. The zero-order valence-corrected chi connectivity index (χ0v) is 15.7. The first kappa shape index (κ1) is 16.6. The molecule has 0 atom stereocenters. The van der Waals surface area contributed by atoms with E-state index in [0.717, 1.165) is 21.3 Å². The van der Waals surface area contributed by atoms with Gasteiger partial charge in [-0.25, -0.2) is 14.2 Å². The summed E-state index contributed by atoms with van der Waals surface area (Å²) < 4.78 is 7.46. The van der Waals surface area contributed by atoms with Gasteiger partial charge in [-0.3, -0.25) is 4.79 Å². The number of imidazole rings is 1. The molecule has 0 aliphatic heterocycles. The lowest BCUT2D eigenvalue weighted by Gasteiger charge is -2.08. The van der Waals surface area contributed by atoms with Gasteiger partial charge in [0.1, 0.15) is 0 Å². The SMILES string of the molecule is COC(=O)c1ccccc1-c1ccc2c(c1)nc1sc3ccccc3c(=O)n12. The molecule has 2 heterocycles. The van der Waals surface area contributed by atoms with Gasteiger partial charge in [0.15, 0.2) is 4.96 Å². The van der Waals surface area contributed by atoms with Gasteiger partial charge in [-0.2, -0.15) is 0 Å². The molecule has 0 spiro atoms. The summed E-state index contributed by atoms with van der Waals surface area (Å²) in [6.45, 7) is 0. The minimum atomic E-state index is -0.388. The minimum Gasteiger partial charge on any atom is -0.465 e. The van der Waals surface area contributed by atoms with E-state index >= 15 is 0 Å². The van der Waals surface area contributed by atoms with Crippen molar-refractivity contribution < 1.29 is 9.53 Å². The van der Waals surface area contributed by atoms with Gasteiger partial charge in [-0.05, 0) is 41.5 Å². The van der Waals surface area contributed by atoms with Crippen LogP contribution in [0.25, 0.3) is 37.2 Å². The second kappa shape index (κ2) is 6.28. The number of fused-ring (bicyclic) bond motifs is 4. The molecule has 0 amide bonds. The Morgan fingerprint density at radius 1 is 1.04 bits per heavy atom. The van der Waals surface area contributed by atoms with Crippen LogP contribution in [0, 0.1) is 0 Å². The summed E-state index contributed by atoms with van der Waals surface area (Å²) in [7, 11) is 1.37. The van der Waals surface area contributed by atoms with E-state index in [9.17, 15) is 9.59 Å². The Balaban J connectivity index is 1.79. The van der Waals surface area contributed by atoms with Crippen LogP contribution in [0.4, 0.5) is 0 Å². The number of benzene rings is 3. The van der Waals surface area contributed by atoms with E-state index < -0.39 is 0 Å². The van der Waals surface area contributed by atoms with E-state index in [4.69, 9.17) is 4.74 Å². The summed E-state index contributed by atoms with van der Waals surface area (Å²) >= 11 is 1.48. The van der Waals surface area contributed by atoms with Crippen molar-refractivity contribution in [3.63, 3.8) is 0 Å². The van der Waals surface area contributed by atoms with Crippen LogP contribution in [-0.4, -0.2) is 22.5 Å². The molecule has 0 saturated heterocycles. The number of hydrogen-bond acceptors (Lipinski definition) is 5. The molecule has 6 heteroatoms. The van der Waals surface area contributed by atoms with Gasteiger partial charge < -0.3 is 4.74 Å². The van der Waals surface area contributed by atoms with Crippen LogP contribution in [-0.2, 0) is 4.74 Å². The lowest BCUT2D eigenvalue weighted by atomic mass is 9.99. The number of nitrogens with zero attached hydrogens (tertiary/aromatic N) is 2. The first-order valence-corrected chi connectivity index (χ1v) is 9.51. The molecule has 0 aliphatic carbocycles. The van der Waals surface area contributed by atoms with E-state index in [1.807, 2.05) is 54.6 Å². The Morgan fingerprint density at radius 3 is 2.68 bits per heavy atom. The van der Waals surface area contributed by atoms with Gasteiger partial charge >= 0.3 is 5.97 Å². The van der Waals surface area contributed by atoms with Gasteiger partial charge in [0.25, 0.3) is 5.56 Å². The monoisotopic (exact) mass is 386 g/mol. The molecule has 5 aromatic rings. The van der Waals surface area contributed by atoms with E-state index in [-0.39, 0.29) is 11.5 Å². The number of carbonyl (C=O) groups is 1. The van der Waals surface area contributed by atoms with Crippen molar-refractivity contribution >= 4 is 43.4 Å². The van der Waals surface area contributed by atoms with Crippen molar-refractivity contribution in [2.75, 3.05) is 7.11 Å². The number of aromatic nitrogens is 2. The molecule has 28 heavy (non-hydrogen) atoms. The van der Waals surface area contributed by atoms with E-state index in [1.165, 1.54) is 18.4 Å². The first-order chi connectivity index (χ1) is 13.7. The average molecular weight is 386 g/mol. The van der Waals surface area contributed by atoms with Crippen molar-refractivity contribution in [3.8, 4) is 11.1 Å². The Labute approximate surface area is 163 Å². The van der Waals surface area contributed by atoms with Crippen LogP contribution in [0.2, 0.25) is 0 Å². The maximum atomic E-state index is 13.0. The van der Waals surface area contributed by atoms with E-state index in [1.54, 1.807) is 16.5 Å². The number of carbonyl (C=O) groups excluding carboxylic acids is 1. The van der Waals surface area contributed by atoms with E-state index in [2.05, 4.69) is 4.98 Å². The number of hydrogen-bond donors (Lipinski definition) is 0. The van der Waals surface area contributed by atoms with Crippen molar-refractivity contribution in [2.24, 2.45) is 0 Å². The summed E-state index contributed by atoms with van der Waals surface area (Å²) in [6.07, 6.45) is 0. The third-order valence-corrected chi connectivity index (χ3v) is 5.82. The molecule has 5 rings (SSSR count). The molecule has 0 N–H and O–H groups in total. The second-order valence-electron chi connectivity index (χ2n) is 6.37. The lowest BCUT2D eigenvalue weighted by Crippen LogP contribution is -2.11. The highest BCUT2D eigenvalue weighted by Gasteiger charge is 2.15. The summed E-state index contributed by atoms with van der Waals surface area (Å²) in [5.74, 6) is -0.388. The predicted octanol–water partition coefficient (Wildman–Crippen LogP) is 4.52. The van der Waals surface area contributed by atoms with Crippen LogP contribution in [0.3, 0.4) is 0 Å². The fourth-order valence-electron chi connectivity index (χ4n) is 3.46. The lowest BCUT2D eigenvalue weighted by molar-refractivity contribution is 0.0601. The molecule has 0 bridgehead atoms. The Morgan fingerprint density at radius 2 is 1.82 bits per heavy atom. The molecule has 0 fully saturated rings. The Hall–Kier alpha value is -3.51. The van der Waals surface area contributed by atoms with Gasteiger partial charge in [-0.15, -0.1) is 0 Å². The van der Waals surface area contributed by atoms with Crippen molar-refractivity contribution in [1.29, 1.82) is 0 Å². The van der Waals surface area contributed by atoms with Gasteiger partial charge in [-0.1, -0.05) is 47.7 Å². The second-order valence-corrected chi connectivity index (χ2v) is 7.38. The number of rotatable bonds is 2. The van der Waals surface area contributed by atoms with Crippen LogP contribution in [0.15, 0.2) is 71.5 Å². The van der Waals surface area contributed by atoms with Crippen LogP contribution < -0.4 is 5.56 Å². The van der Waals surface area contributed by atoms with Gasteiger partial charge in [0.05, 0.1) is 29.1 Å². The van der Waals surface area contributed by atoms with Crippen LogP contribution in [0.1, 0.15) is 10.4 Å². The highest BCUT2D eigenvalue weighted by Crippen LogP contribution is 2.29. The van der Waals surface area contributed by atoms with Crippen molar-refractivity contribution in [3.05, 3.63) is 82.6 Å². The normalized spacial score (nSPS) is 11.3. The van der Waals surface area contributed by atoms with Gasteiger partial charge in [0, 0.05) is 4.70 Å². The molecule has 5 nitrogen and oxygen atoms in total. The smallest absolute Gasteiger partial charge is 0.338 e. The fraction of sp³-hybridized carbons (Fsp3) is 0.0455. The molecular weight excluding hydrogens is 372 g/mol. The summed E-state index contributed by atoms with van der Waals surface area (Å²) in [6, 6.07) is 20.5. The zero-order chi connectivity index (χ0) is 19.3. The number of ether oxygens (including phenoxy) is 1. The standard InChI is InChI=1S/C22H14N2O3S/c1-27-21(26)15-7-3-2-6-14(15)13-10-11-18-17(12-13)23-22-24(18)20(25)16-8-4-5-9-19(16)28-22/h2-12H,1H3. The highest BCUT2D eigenvalue weighted by atomic mass is 32.1. The quantitative estimate of drug-likeness (QED) is 0.419. The Bertz CT molecular complexity index is 1450. The largest absolute Gasteiger partial charge is 0.465 e. The molecule has 0 unspecified atom stereocenters. The van der Waals surface area contributed by atoms with Crippen LogP contribution in [0.5, 0.6) is 0 Å². The summed E-state index contributed by atoms with van der Waals surface area (Å²) in [5.41, 5.74) is 3.49. The third kappa shape index (κ3) is 2.42. The number of esters is 1. The molecule has 2 aromatic heterocycles. The van der Waals surface area contributed by atoms with Gasteiger partial charge in [0.2, 0.25) is 0 Å². The summed E-state index contributed by atoms with van der Waals surface area (Å²) in [5, 5.41) is 0.680. The van der Waals surface area contributed by atoms with Crippen LogP contribution >= 0.6 is 11.3 Å². The maximum Gasteiger partial charge on any atom is 0.338 e. The maximum absolute atomic E-state index is 13.0. The molecule has 3 aromatic carbocycles. The average Bonchev–Trinajstić information content (AvgIpc) is 3.11. The molecule has 0 saturated carbocycles. The van der Waals surface area contributed by atoms with Crippen molar-refractivity contribution in [2.45, 2.75) is 0 Å². The topological polar surface area (TPSA) is 60.7 Å². The molecule has 0 radical (unpaired) electrons. The minimum absolute atomic E-state index is 0.0745. The fourth-order valence-corrected chi connectivity index (χ4v) is 4.49. The van der Waals surface area contributed by atoms with E-state index in [0.29, 0.717) is 21.4 Å². The zero-order valence-electron chi connectivity index (χ0n) is 14.9. The number of methoxy groups -OCH3 is 1. The van der Waals surface area contributed by atoms with Crippen molar-refractivity contribution in [1.82, 2.24) is 9.38 Å². The molecular formula is C22H14N2O3S. The predicted molar refractivity (Wildman–Crippen MR) is 111 cm³/mol. The third-order valence-electron chi connectivity index (χ3n) is 4.79. The first-order valence-electron chi connectivity index (χ1n) is 8.69. The molecule has 0 aliphatic rings. The summed E-state index contributed by atoms with van der Waals surface area (Å²) in [4.78, 5) is 30.4. The molecule has 136 valence electrons.